The highest BCUT2D eigenvalue weighted by molar-refractivity contribution is 6.30. The second-order valence-corrected chi connectivity index (χ2v) is 4.35. The number of imidazole rings is 1. The van der Waals surface area contributed by atoms with E-state index in [4.69, 9.17) is 22.0 Å². The number of fused-ring (bicyclic) bond motifs is 1. The molecule has 19 heavy (non-hydrogen) atoms. The van der Waals surface area contributed by atoms with Crippen molar-refractivity contribution < 1.29 is 9.90 Å². The summed E-state index contributed by atoms with van der Waals surface area (Å²) in [6.07, 6.45) is 2.22. The zero-order valence-corrected chi connectivity index (χ0v) is 10.7. The van der Waals surface area contributed by atoms with Crippen molar-refractivity contribution in [2.24, 2.45) is 0 Å². The second kappa shape index (κ2) is 5.59. The first kappa shape index (κ1) is 13.2. The molecule has 0 unspecified atom stereocenters. The zero-order valence-electron chi connectivity index (χ0n) is 9.93. The SMILES string of the molecule is N#Cc1c(NCCCC(=O)O)nc2cc(Cl)ccn12. The van der Waals surface area contributed by atoms with Crippen LogP contribution in [0.1, 0.15) is 18.5 Å². The van der Waals surface area contributed by atoms with Gasteiger partial charge in [-0.2, -0.15) is 5.26 Å². The summed E-state index contributed by atoms with van der Waals surface area (Å²) in [5.74, 6) is -0.403. The normalized spacial score (nSPS) is 10.3. The summed E-state index contributed by atoms with van der Waals surface area (Å²) in [6.45, 7) is 0.443. The van der Waals surface area contributed by atoms with Crippen molar-refractivity contribution in [3.05, 3.63) is 29.0 Å². The summed E-state index contributed by atoms with van der Waals surface area (Å²) in [5.41, 5.74) is 0.951. The molecule has 98 valence electrons. The first-order valence-corrected chi connectivity index (χ1v) is 6.03. The van der Waals surface area contributed by atoms with Crippen molar-refractivity contribution in [1.82, 2.24) is 9.38 Å². The van der Waals surface area contributed by atoms with E-state index in [1.54, 1.807) is 22.7 Å². The minimum atomic E-state index is -0.843. The summed E-state index contributed by atoms with van der Waals surface area (Å²) < 4.78 is 1.63. The van der Waals surface area contributed by atoms with E-state index in [2.05, 4.69) is 16.4 Å². The predicted molar refractivity (Wildman–Crippen MR) is 70.3 cm³/mol. The molecule has 0 fully saturated rings. The van der Waals surface area contributed by atoms with E-state index in [0.717, 1.165) is 0 Å². The number of halogens is 1. The molecule has 2 rings (SSSR count). The number of rotatable bonds is 5. The highest BCUT2D eigenvalue weighted by atomic mass is 35.5. The topological polar surface area (TPSA) is 90.4 Å². The number of aliphatic carboxylic acids is 1. The molecule has 0 saturated carbocycles. The van der Waals surface area contributed by atoms with Crippen LogP contribution in [-0.2, 0) is 4.79 Å². The first-order valence-electron chi connectivity index (χ1n) is 5.65. The maximum Gasteiger partial charge on any atom is 0.303 e. The molecule has 0 bridgehead atoms. The molecule has 6 nitrogen and oxygen atoms in total. The Morgan fingerprint density at radius 1 is 1.63 bits per heavy atom. The molecule has 2 aromatic rings. The molecule has 0 spiro atoms. The van der Waals surface area contributed by atoms with Crippen LogP contribution >= 0.6 is 11.6 Å². The van der Waals surface area contributed by atoms with Gasteiger partial charge in [-0.05, 0) is 12.5 Å². The van der Waals surface area contributed by atoms with Gasteiger partial charge in [0.05, 0.1) is 0 Å². The van der Waals surface area contributed by atoms with Gasteiger partial charge in [0, 0.05) is 30.3 Å². The van der Waals surface area contributed by atoms with Gasteiger partial charge < -0.3 is 10.4 Å². The Bertz CT molecular complexity index is 660. The number of carbonyl (C=O) groups is 1. The lowest BCUT2D eigenvalue weighted by Crippen LogP contribution is -2.06. The number of anilines is 1. The van der Waals surface area contributed by atoms with Gasteiger partial charge >= 0.3 is 5.97 Å². The summed E-state index contributed by atoms with van der Waals surface area (Å²) in [5, 5.41) is 21.2. The largest absolute Gasteiger partial charge is 0.481 e. The van der Waals surface area contributed by atoms with Crippen LogP contribution in [0.3, 0.4) is 0 Å². The molecule has 2 aromatic heterocycles. The molecule has 0 amide bonds. The second-order valence-electron chi connectivity index (χ2n) is 3.92. The highest BCUT2D eigenvalue weighted by Gasteiger charge is 2.11. The number of nitrogens with zero attached hydrogens (tertiary/aromatic N) is 3. The van der Waals surface area contributed by atoms with Gasteiger partial charge in [-0.1, -0.05) is 11.6 Å². The van der Waals surface area contributed by atoms with Crippen molar-refractivity contribution in [1.29, 1.82) is 5.26 Å². The van der Waals surface area contributed by atoms with Crippen molar-refractivity contribution >= 4 is 29.0 Å². The van der Waals surface area contributed by atoms with Crippen molar-refractivity contribution in [3.8, 4) is 6.07 Å². The van der Waals surface area contributed by atoms with Crippen LogP contribution in [-0.4, -0.2) is 27.0 Å². The van der Waals surface area contributed by atoms with E-state index >= 15 is 0 Å². The Labute approximate surface area is 114 Å². The molecule has 0 aliphatic heterocycles. The van der Waals surface area contributed by atoms with Crippen LogP contribution in [0.5, 0.6) is 0 Å². The Morgan fingerprint density at radius 3 is 3.11 bits per heavy atom. The number of carboxylic acids is 1. The third kappa shape index (κ3) is 2.95. The van der Waals surface area contributed by atoms with Crippen LogP contribution < -0.4 is 5.32 Å². The molecule has 0 atom stereocenters. The van der Waals surface area contributed by atoms with Crippen LogP contribution in [0, 0.1) is 11.3 Å². The smallest absolute Gasteiger partial charge is 0.303 e. The summed E-state index contributed by atoms with van der Waals surface area (Å²) in [4.78, 5) is 14.7. The Hall–Kier alpha value is -2.26. The van der Waals surface area contributed by atoms with Gasteiger partial charge in [0.1, 0.15) is 11.7 Å². The third-order valence-corrected chi connectivity index (χ3v) is 2.79. The lowest BCUT2D eigenvalue weighted by Gasteiger charge is -2.01. The minimum absolute atomic E-state index is 0.0775. The van der Waals surface area contributed by atoms with Crippen LogP contribution in [0.4, 0.5) is 5.82 Å². The zero-order chi connectivity index (χ0) is 13.8. The predicted octanol–water partition coefficient (Wildman–Crippen LogP) is 2.14. The molecular formula is C12H11ClN4O2. The number of aromatic nitrogens is 2. The van der Waals surface area contributed by atoms with E-state index in [0.29, 0.717) is 35.1 Å². The van der Waals surface area contributed by atoms with Crippen LogP contribution in [0.15, 0.2) is 18.3 Å². The van der Waals surface area contributed by atoms with E-state index in [1.807, 2.05) is 0 Å². The first-order chi connectivity index (χ1) is 9.11. The quantitative estimate of drug-likeness (QED) is 0.818. The van der Waals surface area contributed by atoms with Crippen LogP contribution in [0.25, 0.3) is 5.65 Å². The standard InChI is InChI=1S/C12H11ClN4O2/c13-8-3-5-17-9(7-14)12(16-10(17)6-8)15-4-1-2-11(18)19/h3,5-6,15H,1-2,4H2,(H,18,19). The van der Waals surface area contributed by atoms with Crippen LogP contribution in [0.2, 0.25) is 5.02 Å². The monoisotopic (exact) mass is 278 g/mol. The highest BCUT2D eigenvalue weighted by Crippen LogP contribution is 2.19. The molecule has 0 aliphatic carbocycles. The molecule has 0 radical (unpaired) electrons. The molecule has 7 heteroatoms. The lowest BCUT2D eigenvalue weighted by atomic mass is 10.3. The minimum Gasteiger partial charge on any atom is -0.481 e. The summed E-state index contributed by atoms with van der Waals surface area (Å²) in [7, 11) is 0. The maximum absolute atomic E-state index is 10.4. The Balaban J connectivity index is 2.18. The number of nitrogens with one attached hydrogen (secondary N) is 1. The van der Waals surface area contributed by atoms with Gasteiger partial charge in [0.2, 0.25) is 0 Å². The van der Waals surface area contributed by atoms with E-state index < -0.39 is 5.97 Å². The van der Waals surface area contributed by atoms with Gasteiger partial charge in [0.15, 0.2) is 11.5 Å². The molecule has 0 aromatic carbocycles. The molecule has 0 aliphatic rings. The Kier molecular flexibility index (Phi) is 3.88. The number of nitriles is 1. The van der Waals surface area contributed by atoms with Gasteiger partial charge in [0.25, 0.3) is 0 Å². The Morgan fingerprint density at radius 2 is 2.42 bits per heavy atom. The fourth-order valence-corrected chi connectivity index (χ4v) is 1.85. The van der Waals surface area contributed by atoms with Gasteiger partial charge in [-0.15, -0.1) is 0 Å². The van der Waals surface area contributed by atoms with Gasteiger partial charge in [-0.3, -0.25) is 9.20 Å². The van der Waals surface area contributed by atoms with Gasteiger partial charge in [-0.25, -0.2) is 4.98 Å². The van der Waals surface area contributed by atoms with Crippen molar-refractivity contribution in [3.63, 3.8) is 0 Å². The fraction of sp³-hybridized carbons (Fsp3) is 0.250. The number of hydrogen-bond donors (Lipinski definition) is 2. The summed E-state index contributed by atoms with van der Waals surface area (Å²) >= 11 is 5.86. The average Bonchev–Trinajstić information content (AvgIpc) is 2.70. The third-order valence-electron chi connectivity index (χ3n) is 2.55. The van der Waals surface area contributed by atoms with Crippen molar-refractivity contribution in [2.75, 3.05) is 11.9 Å². The number of hydrogen-bond acceptors (Lipinski definition) is 4. The molecule has 2 N–H and O–H groups in total. The van der Waals surface area contributed by atoms with E-state index in [-0.39, 0.29) is 6.42 Å². The summed E-state index contributed by atoms with van der Waals surface area (Å²) in [6, 6.07) is 5.40. The van der Waals surface area contributed by atoms with E-state index in [9.17, 15) is 4.79 Å². The lowest BCUT2D eigenvalue weighted by molar-refractivity contribution is -0.137. The molecular weight excluding hydrogens is 268 g/mol. The van der Waals surface area contributed by atoms with Crippen molar-refractivity contribution in [2.45, 2.75) is 12.8 Å². The van der Waals surface area contributed by atoms with E-state index in [1.165, 1.54) is 0 Å². The average molecular weight is 279 g/mol. The molecule has 2 heterocycles. The maximum atomic E-state index is 10.4. The number of pyridine rings is 1. The number of carboxylic acid groups (broad SMARTS) is 1. The molecule has 0 saturated heterocycles. The fourth-order valence-electron chi connectivity index (χ4n) is 1.70.